The summed E-state index contributed by atoms with van der Waals surface area (Å²) in [4.78, 5) is 12.6. The maximum Gasteiger partial charge on any atom is 0.312 e. The number of nitrogens with one attached hydrogen (secondary N) is 1. The third kappa shape index (κ3) is 2.22. The minimum absolute atomic E-state index is 0.0313. The number of hydrogen-bond acceptors (Lipinski definition) is 3. The summed E-state index contributed by atoms with van der Waals surface area (Å²) in [6.07, 6.45) is 4.49. The molecule has 0 aromatic rings. The Bertz CT molecular complexity index is 377. The highest BCUT2D eigenvalue weighted by Crippen LogP contribution is 2.50. The fraction of sp³-hybridized carbons (Fsp3) is 0.812. The van der Waals surface area contributed by atoms with Crippen LogP contribution in [0.3, 0.4) is 0 Å². The zero-order valence-electron chi connectivity index (χ0n) is 12.8. The lowest BCUT2D eigenvalue weighted by Crippen LogP contribution is -2.51. The van der Waals surface area contributed by atoms with Crippen LogP contribution in [0.4, 0.5) is 0 Å². The molecule has 0 aromatic carbocycles. The summed E-state index contributed by atoms with van der Waals surface area (Å²) in [5.74, 6) is 1.53. The molecule has 19 heavy (non-hydrogen) atoms. The van der Waals surface area contributed by atoms with Gasteiger partial charge in [-0.05, 0) is 37.5 Å². The lowest BCUT2D eigenvalue weighted by Gasteiger charge is -2.45. The van der Waals surface area contributed by atoms with Gasteiger partial charge in [-0.2, -0.15) is 0 Å². The van der Waals surface area contributed by atoms with Crippen LogP contribution >= 0.6 is 0 Å². The highest BCUT2D eigenvalue weighted by atomic mass is 16.5. The van der Waals surface area contributed by atoms with Crippen molar-refractivity contribution in [3.8, 4) is 0 Å². The Balaban J connectivity index is 2.37. The highest BCUT2D eigenvalue weighted by molar-refractivity contribution is 5.78. The smallest absolute Gasteiger partial charge is 0.312 e. The number of ether oxygens (including phenoxy) is 1. The van der Waals surface area contributed by atoms with E-state index in [-0.39, 0.29) is 11.9 Å². The number of rotatable bonds is 3. The number of allylic oxidation sites excluding steroid dienone is 1. The van der Waals surface area contributed by atoms with Crippen molar-refractivity contribution >= 4 is 5.97 Å². The average Bonchev–Trinajstić information content (AvgIpc) is 2.79. The van der Waals surface area contributed by atoms with E-state index in [0.29, 0.717) is 30.4 Å². The normalized spacial score (nSPS) is 41.4. The van der Waals surface area contributed by atoms with Gasteiger partial charge in [0.15, 0.2) is 0 Å². The van der Waals surface area contributed by atoms with Crippen molar-refractivity contribution in [2.45, 2.75) is 40.7 Å². The molecule has 0 saturated carbocycles. The summed E-state index contributed by atoms with van der Waals surface area (Å²) in [5, 5.41) is 3.61. The van der Waals surface area contributed by atoms with Gasteiger partial charge in [-0.25, -0.2) is 0 Å². The first-order chi connectivity index (χ1) is 8.92. The van der Waals surface area contributed by atoms with E-state index in [1.807, 2.05) is 6.92 Å². The van der Waals surface area contributed by atoms with Gasteiger partial charge >= 0.3 is 5.97 Å². The van der Waals surface area contributed by atoms with Crippen molar-refractivity contribution in [3.63, 3.8) is 0 Å². The summed E-state index contributed by atoms with van der Waals surface area (Å²) in [6.45, 7) is 12.0. The second-order valence-electron chi connectivity index (χ2n) is 6.54. The molecule has 1 aliphatic carbocycles. The number of carbonyl (C=O) groups excluding carboxylic acids is 1. The van der Waals surface area contributed by atoms with Gasteiger partial charge in [0, 0.05) is 12.6 Å². The van der Waals surface area contributed by atoms with E-state index in [4.69, 9.17) is 4.74 Å². The molecule has 0 aromatic heterocycles. The zero-order valence-corrected chi connectivity index (χ0v) is 12.8. The maximum atomic E-state index is 12.6. The van der Waals surface area contributed by atoms with Gasteiger partial charge in [-0.3, -0.25) is 4.79 Å². The third-order valence-corrected chi connectivity index (χ3v) is 5.16. The van der Waals surface area contributed by atoms with E-state index in [9.17, 15) is 4.79 Å². The molecule has 0 amide bonds. The van der Waals surface area contributed by atoms with Gasteiger partial charge in [0.05, 0.1) is 12.0 Å². The van der Waals surface area contributed by atoms with Gasteiger partial charge in [-0.15, -0.1) is 0 Å². The van der Waals surface area contributed by atoms with Crippen LogP contribution in [-0.4, -0.2) is 25.2 Å². The Morgan fingerprint density at radius 3 is 2.74 bits per heavy atom. The maximum absolute atomic E-state index is 12.6. The molecule has 1 N–H and O–H groups in total. The van der Waals surface area contributed by atoms with Crippen LogP contribution in [0, 0.1) is 29.1 Å². The fourth-order valence-electron chi connectivity index (χ4n) is 3.87. The average molecular weight is 265 g/mol. The molecule has 0 bridgehead atoms. The minimum atomic E-state index is -0.409. The van der Waals surface area contributed by atoms with Gasteiger partial charge < -0.3 is 10.1 Å². The lowest BCUT2D eigenvalue weighted by molar-refractivity contribution is -0.162. The number of fused-ring (bicyclic) bond motifs is 1. The first kappa shape index (κ1) is 14.6. The standard InChI is InChI=1S/C16H27NO2/c1-6-19-15(18)16(5)11(4)7-8-12-9-17-14(10(2)3)13(12)16/h7-8,10-14,17H,6,9H2,1-5H3/t11-,12-,13-,14+,16+/m1/s1. The second-order valence-corrected chi connectivity index (χ2v) is 6.54. The van der Waals surface area contributed by atoms with E-state index >= 15 is 0 Å². The molecule has 3 nitrogen and oxygen atoms in total. The van der Waals surface area contributed by atoms with E-state index in [1.165, 1.54) is 0 Å². The molecule has 2 aliphatic rings. The summed E-state index contributed by atoms with van der Waals surface area (Å²) in [5.41, 5.74) is -0.409. The zero-order chi connectivity index (χ0) is 14.2. The topological polar surface area (TPSA) is 38.3 Å². The summed E-state index contributed by atoms with van der Waals surface area (Å²) >= 11 is 0. The van der Waals surface area contributed by atoms with Gasteiger partial charge in [0.1, 0.15) is 0 Å². The molecule has 5 atom stereocenters. The SMILES string of the molecule is CCOC(=O)[C@]1(C)[C@@H]2[C@H](C=C[C@H]1C)CN[C@H]2C(C)C. The minimum Gasteiger partial charge on any atom is -0.466 e. The fourth-order valence-corrected chi connectivity index (χ4v) is 3.87. The Kier molecular flexibility index (Phi) is 4.05. The molecular formula is C16H27NO2. The molecule has 1 saturated heterocycles. The summed E-state index contributed by atoms with van der Waals surface area (Å²) in [7, 11) is 0. The molecule has 1 aliphatic heterocycles. The van der Waals surface area contributed by atoms with Crippen LogP contribution in [0.2, 0.25) is 0 Å². The van der Waals surface area contributed by atoms with Crippen LogP contribution in [0.5, 0.6) is 0 Å². The van der Waals surface area contributed by atoms with E-state index < -0.39 is 5.41 Å². The Morgan fingerprint density at radius 1 is 1.47 bits per heavy atom. The number of hydrogen-bond donors (Lipinski definition) is 1. The van der Waals surface area contributed by atoms with Crippen LogP contribution < -0.4 is 5.32 Å². The van der Waals surface area contributed by atoms with Gasteiger partial charge in [-0.1, -0.05) is 32.9 Å². The monoisotopic (exact) mass is 265 g/mol. The highest BCUT2D eigenvalue weighted by Gasteiger charge is 2.56. The van der Waals surface area contributed by atoms with Crippen molar-refractivity contribution in [1.29, 1.82) is 0 Å². The predicted octanol–water partition coefficient (Wildman–Crippen LogP) is 2.62. The van der Waals surface area contributed by atoms with Crippen molar-refractivity contribution in [2.75, 3.05) is 13.2 Å². The van der Waals surface area contributed by atoms with Crippen molar-refractivity contribution in [1.82, 2.24) is 5.32 Å². The molecule has 0 unspecified atom stereocenters. The van der Waals surface area contributed by atoms with E-state index in [1.54, 1.807) is 0 Å². The second kappa shape index (κ2) is 5.28. The predicted molar refractivity (Wildman–Crippen MR) is 76.7 cm³/mol. The molecule has 1 fully saturated rings. The summed E-state index contributed by atoms with van der Waals surface area (Å²) < 4.78 is 5.39. The quantitative estimate of drug-likeness (QED) is 0.630. The van der Waals surface area contributed by atoms with Crippen molar-refractivity contribution in [3.05, 3.63) is 12.2 Å². The molecule has 0 spiro atoms. The third-order valence-electron chi connectivity index (χ3n) is 5.16. The largest absolute Gasteiger partial charge is 0.466 e. The Labute approximate surface area is 116 Å². The van der Waals surface area contributed by atoms with Crippen LogP contribution in [0.15, 0.2) is 12.2 Å². The van der Waals surface area contributed by atoms with Crippen LogP contribution in [-0.2, 0) is 9.53 Å². The summed E-state index contributed by atoms with van der Waals surface area (Å²) in [6, 6.07) is 0.395. The van der Waals surface area contributed by atoms with Gasteiger partial charge in [0.25, 0.3) is 0 Å². The lowest BCUT2D eigenvalue weighted by atomic mass is 9.58. The molecule has 0 radical (unpaired) electrons. The van der Waals surface area contributed by atoms with Crippen LogP contribution in [0.25, 0.3) is 0 Å². The Morgan fingerprint density at radius 2 is 2.16 bits per heavy atom. The first-order valence-electron chi connectivity index (χ1n) is 7.51. The van der Waals surface area contributed by atoms with Crippen molar-refractivity contribution < 1.29 is 9.53 Å². The molecule has 1 heterocycles. The van der Waals surface area contributed by atoms with Crippen LogP contribution in [0.1, 0.15) is 34.6 Å². The molecule has 2 rings (SSSR count). The number of carbonyl (C=O) groups is 1. The van der Waals surface area contributed by atoms with Gasteiger partial charge in [0.2, 0.25) is 0 Å². The molecule has 3 heteroatoms. The number of esters is 1. The Hall–Kier alpha value is -0.830. The molecular weight excluding hydrogens is 238 g/mol. The first-order valence-corrected chi connectivity index (χ1v) is 7.51. The van der Waals surface area contributed by atoms with E-state index in [0.717, 1.165) is 6.54 Å². The van der Waals surface area contributed by atoms with E-state index in [2.05, 4.69) is 45.2 Å². The van der Waals surface area contributed by atoms with Crippen molar-refractivity contribution in [2.24, 2.45) is 29.1 Å². The molecule has 108 valence electrons.